The van der Waals surface area contributed by atoms with Gasteiger partial charge in [0.2, 0.25) is 0 Å². The van der Waals surface area contributed by atoms with Gasteiger partial charge in [-0.25, -0.2) is 0 Å². The molecule has 1 heterocycles. The van der Waals surface area contributed by atoms with Gasteiger partial charge < -0.3 is 20.3 Å². The predicted molar refractivity (Wildman–Crippen MR) is 130 cm³/mol. The van der Waals surface area contributed by atoms with Crippen LogP contribution in [0.15, 0.2) is 53.5 Å². The van der Waals surface area contributed by atoms with Crippen LogP contribution in [0.3, 0.4) is 0 Å². The summed E-state index contributed by atoms with van der Waals surface area (Å²) in [6.07, 6.45) is 2.12. The zero-order chi connectivity index (χ0) is 21.9. The van der Waals surface area contributed by atoms with Crippen molar-refractivity contribution >= 4 is 11.6 Å². The van der Waals surface area contributed by atoms with E-state index in [1.165, 1.54) is 22.4 Å². The molecule has 1 fully saturated rings. The first kappa shape index (κ1) is 23.1. The molecular weight excluding hydrogens is 386 g/mol. The van der Waals surface area contributed by atoms with Crippen molar-refractivity contribution in [2.24, 2.45) is 4.99 Å². The van der Waals surface area contributed by atoms with E-state index in [9.17, 15) is 0 Å². The molecule has 168 valence electrons. The van der Waals surface area contributed by atoms with Gasteiger partial charge in [0.05, 0.1) is 13.2 Å². The standard InChI is InChI=1S/C25H37N5O/c1-26-25(27-14-6-7-21-10-12-24(13-11-21)29(2)3)28-19-22-8-4-5-9-23(22)20-30-15-17-31-18-16-30/h4-5,8-13H,6-7,14-20H2,1-3H3,(H2,26,27,28). The Bertz CT molecular complexity index is 813. The highest BCUT2D eigenvalue weighted by Gasteiger charge is 2.12. The number of hydrogen-bond donors (Lipinski definition) is 2. The topological polar surface area (TPSA) is 52.1 Å². The van der Waals surface area contributed by atoms with Crippen LogP contribution in [0, 0.1) is 0 Å². The minimum absolute atomic E-state index is 0.770. The third kappa shape index (κ3) is 7.56. The number of aryl methyl sites for hydroxylation is 1. The van der Waals surface area contributed by atoms with E-state index in [4.69, 9.17) is 4.74 Å². The van der Waals surface area contributed by atoms with E-state index in [1.807, 2.05) is 7.05 Å². The number of anilines is 1. The predicted octanol–water partition coefficient (Wildman–Crippen LogP) is 2.88. The van der Waals surface area contributed by atoms with Crippen molar-refractivity contribution in [3.05, 3.63) is 65.2 Å². The Morgan fingerprint density at radius 3 is 2.39 bits per heavy atom. The van der Waals surface area contributed by atoms with Gasteiger partial charge in [-0.15, -0.1) is 0 Å². The SMILES string of the molecule is CN=C(NCCCc1ccc(N(C)C)cc1)NCc1ccccc1CN1CCOCC1. The zero-order valence-electron chi connectivity index (χ0n) is 19.2. The molecule has 2 aromatic carbocycles. The van der Waals surface area contributed by atoms with Gasteiger partial charge >= 0.3 is 0 Å². The number of aliphatic imine (C=N–C) groups is 1. The fourth-order valence-electron chi connectivity index (χ4n) is 3.74. The maximum atomic E-state index is 5.47. The van der Waals surface area contributed by atoms with Gasteiger partial charge in [-0.05, 0) is 41.7 Å². The highest BCUT2D eigenvalue weighted by molar-refractivity contribution is 5.79. The average molecular weight is 424 g/mol. The first-order valence-corrected chi connectivity index (χ1v) is 11.2. The van der Waals surface area contributed by atoms with E-state index < -0.39 is 0 Å². The first-order chi connectivity index (χ1) is 15.2. The molecule has 0 atom stereocenters. The van der Waals surface area contributed by atoms with Gasteiger partial charge in [0.15, 0.2) is 5.96 Å². The molecule has 3 rings (SSSR count). The summed E-state index contributed by atoms with van der Waals surface area (Å²) in [5.41, 5.74) is 5.29. The van der Waals surface area contributed by atoms with Gasteiger partial charge in [-0.3, -0.25) is 9.89 Å². The molecule has 6 nitrogen and oxygen atoms in total. The summed E-state index contributed by atoms with van der Waals surface area (Å²) >= 11 is 0. The lowest BCUT2D eigenvalue weighted by Crippen LogP contribution is -2.38. The number of morpholine rings is 1. The second-order valence-corrected chi connectivity index (χ2v) is 8.17. The van der Waals surface area contributed by atoms with Crippen LogP contribution in [-0.4, -0.2) is 64.9 Å². The molecule has 0 radical (unpaired) electrons. The molecular formula is C25H37N5O. The van der Waals surface area contributed by atoms with Gasteiger partial charge in [0, 0.05) is 59.6 Å². The number of guanidine groups is 1. The first-order valence-electron chi connectivity index (χ1n) is 11.2. The highest BCUT2D eigenvalue weighted by atomic mass is 16.5. The Kier molecular flexibility index (Phi) is 9.18. The van der Waals surface area contributed by atoms with E-state index in [1.54, 1.807) is 0 Å². The average Bonchev–Trinajstić information content (AvgIpc) is 2.80. The Hall–Kier alpha value is -2.57. The summed E-state index contributed by atoms with van der Waals surface area (Å²) in [7, 11) is 5.96. The molecule has 6 heteroatoms. The maximum absolute atomic E-state index is 5.47. The van der Waals surface area contributed by atoms with Crippen molar-refractivity contribution in [3.63, 3.8) is 0 Å². The lowest BCUT2D eigenvalue weighted by molar-refractivity contribution is 0.0341. The van der Waals surface area contributed by atoms with Crippen molar-refractivity contribution in [3.8, 4) is 0 Å². The lowest BCUT2D eigenvalue weighted by atomic mass is 10.1. The van der Waals surface area contributed by atoms with E-state index in [0.717, 1.165) is 64.7 Å². The summed E-state index contributed by atoms with van der Waals surface area (Å²) in [6.45, 7) is 6.30. The number of nitrogens with zero attached hydrogens (tertiary/aromatic N) is 3. The van der Waals surface area contributed by atoms with Crippen molar-refractivity contribution < 1.29 is 4.74 Å². The fourth-order valence-corrected chi connectivity index (χ4v) is 3.74. The van der Waals surface area contributed by atoms with Crippen molar-refractivity contribution in [2.75, 3.05) is 58.9 Å². The zero-order valence-corrected chi connectivity index (χ0v) is 19.2. The molecule has 0 spiro atoms. The van der Waals surface area contributed by atoms with Crippen LogP contribution in [0.2, 0.25) is 0 Å². The smallest absolute Gasteiger partial charge is 0.191 e. The van der Waals surface area contributed by atoms with Crippen LogP contribution in [0.25, 0.3) is 0 Å². The van der Waals surface area contributed by atoms with Crippen LogP contribution in [-0.2, 0) is 24.2 Å². The van der Waals surface area contributed by atoms with Crippen LogP contribution >= 0.6 is 0 Å². The monoisotopic (exact) mass is 423 g/mol. The molecule has 0 unspecified atom stereocenters. The minimum atomic E-state index is 0.770. The summed E-state index contributed by atoms with van der Waals surface area (Å²) in [5, 5.41) is 6.92. The van der Waals surface area contributed by atoms with Gasteiger partial charge in [0.25, 0.3) is 0 Å². The van der Waals surface area contributed by atoms with Crippen LogP contribution in [0.5, 0.6) is 0 Å². The van der Waals surface area contributed by atoms with E-state index in [2.05, 4.69) is 88.1 Å². The van der Waals surface area contributed by atoms with Crippen molar-refractivity contribution in [2.45, 2.75) is 25.9 Å². The Labute approximate surface area is 187 Å². The van der Waals surface area contributed by atoms with Crippen LogP contribution in [0.1, 0.15) is 23.1 Å². The summed E-state index contributed by atoms with van der Waals surface area (Å²) in [6, 6.07) is 17.4. The van der Waals surface area contributed by atoms with Crippen molar-refractivity contribution in [1.29, 1.82) is 0 Å². The van der Waals surface area contributed by atoms with E-state index in [0.29, 0.717) is 0 Å². The summed E-state index contributed by atoms with van der Waals surface area (Å²) in [4.78, 5) is 8.97. The fraction of sp³-hybridized carbons (Fsp3) is 0.480. The highest BCUT2D eigenvalue weighted by Crippen LogP contribution is 2.14. The van der Waals surface area contributed by atoms with E-state index >= 15 is 0 Å². The van der Waals surface area contributed by atoms with E-state index in [-0.39, 0.29) is 0 Å². The Morgan fingerprint density at radius 2 is 1.71 bits per heavy atom. The lowest BCUT2D eigenvalue weighted by Gasteiger charge is -2.27. The Balaban J connectivity index is 1.42. The molecule has 1 saturated heterocycles. The van der Waals surface area contributed by atoms with Gasteiger partial charge in [-0.2, -0.15) is 0 Å². The largest absolute Gasteiger partial charge is 0.379 e. The molecule has 2 aromatic rings. The van der Waals surface area contributed by atoms with Crippen LogP contribution in [0.4, 0.5) is 5.69 Å². The summed E-state index contributed by atoms with van der Waals surface area (Å²) in [5.74, 6) is 0.851. The number of rotatable bonds is 9. The second-order valence-electron chi connectivity index (χ2n) is 8.17. The third-order valence-corrected chi connectivity index (χ3v) is 5.67. The number of ether oxygens (including phenoxy) is 1. The molecule has 2 N–H and O–H groups in total. The molecule has 0 amide bonds. The van der Waals surface area contributed by atoms with Crippen LogP contribution < -0.4 is 15.5 Å². The molecule has 0 bridgehead atoms. The molecule has 31 heavy (non-hydrogen) atoms. The Morgan fingerprint density at radius 1 is 1.00 bits per heavy atom. The van der Waals surface area contributed by atoms with Crippen molar-refractivity contribution in [1.82, 2.24) is 15.5 Å². The molecule has 1 aliphatic rings. The minimum Gasteiger partial charge on any atom is -0.379 e. The molecule has 0 saturated carbocycles. The summed E-state index contributed by atoms with van der Waals surface area (Å²) < 4.78 is 5.47. The number of benzene rings is 2. The van der Waals surface area contributed by atoms with Gasteiger partial charge in [0.1, 0.15) is 0 Å². The normalized spacial score (nSPS) is 15.0. The quantitative estimate of drug-likeness (QED) is 0.369. The number of nitrogens with one attached hydrogen (secondary N) is 2. The maximum Gasteiger partial charge on any atom is 0.191 e. The molecule has 1 aliphatic heterocycles. The second kappa shape index (κ2) is 12.3. The third-order valence-electron chi connectivity index (χ3n) is 5.67. The number of hydrogen-bond acceptors (Lipinski definition) is 4. The van der Waals surface area contributed by atoms with Gasteiger partial charge in [-0.1, -0.05) is 36.4 Å². The molecule has 0 aromatic heterocycles. The molecule has 0 aliphatic carbocycles.